The first-order valence-corrected chi connectivity index (χ1v) is 10.8. The van der Waals surface area contributed by atoms with Gasteiger partial charge in [0.2, 0.25) is 5.95 Å². The molecule has 0 aliphatic heterocycles. The monoisotopic (exact) mass is 512 g/mol. The Morgan fingerprint density at radius 2 is 2.00 bits per heavy atom. The molecule has 2 aromatic heterocycles. The van der Waals surface area contributed by atoms with E-state index in [1.807, 2.05) is 48.5 Å². The molecule has 0 atom stereocenters. The van der Waals surface area contributed by atoms with Crippen molar-refractivity contribution in [3.63, 3.8) is 0 Å². The van der Waals surface area contributed by atoms with Crippen molar-refractivity contribution in [2.24, 2.45) is 12.1 Å². The smallest absolute Gasteiger partial charge is 0.329 e. The minimum atomic E-state index is -0.549. The topological polar surface area (TPSA) is 116 Å². The summed E-state index contributed by atoms with van der Waals surface area (Å²) < 4.78 is 14.9. The largest absolute Gasteiger partial charge is 0.496 e. The fraction of sp³-hybridized carbons (Fsp3) is 0.182. The van der Waals surface area contributed by atoms with Crippen molar-refractivity contribution in [2.75, 3.05) is 19.1 Å². The third kappa shape index (κ3) is 4.82. The maximum absolute atomic E-state index is 12.6. The summed E-state index contributed by atoms with van der Waals surface area (Å²) in [4.78, 5) is 31.4. The molecule has 0 bridgehead atoms. The number of methoxy groups -OCH3 is 1. The van der Waals surface area contributed by atoms with E-state index in [1.165, 1.54) is 11.6 Å². The molecule has 0 radical (unpaired) electrons. The number of ether oxygens (including phenoxy) is 2. The summed E-state index contributed by atoms with van der Waals surface area (Å²) >= 11 is 3.43. The second-order valence-corrected chi connectivity index (χ2v) is 7.91. The lowest BCUT2D eigenvalue weighted by molar-refractivity contribution is 0.301. The number of aryl methyl sites for hydroxylation is 1. The molecule has 33 heavy (non-hydrogen) atoms. The number of halogens is 1. The zero-order valence-corrected chi connectivity index (χ0v) is 19.5. The van der Waals surface area contributed by atoms with Crippen molar-refractivity contribution in [3.8, 4) is 11.5 Å². The van der Waals surface area contributed by atoms with Gasteiger partial charge in [0.15, 0.2) is 11.2 Å². The van der Waals surface area contributed by atoms with E-state index in [2.05, 4.69) is 36.4 Å². The van der Waals surface area contributed by atoms with Crippen molar-refractivity contribution in [1.82, 2.24) is 19.1 Å². The lowest BCUT2D eigenvalue weighted by atomic mass is 10.2. The zero-order valence-electron chi connectivity index (χ0n) is 17.9. The lowest BCUT2D eigenvalue weighted by Crippen LogP contribution is -2.29. The quantitative estimate of drug-likeness (QED) is 0.277. The maximum atomic E-state index is 12.6. The molecule has 2 aromatic carbocycles. The minimum Gasteiger partial charge on any atom is -0.496 e. The second kappa shape index (κ2) is 9.74. The summed E-state index contributed by atoms with van der Waals surface area (Å²) in [5, 5.41) is 4.27. The van der Waals surface area contributed by atoms with Crippen LogP contribution in [0.2, 0.25) is 0 Å². The first-order chi connectivity index (χ1) is 16.0. The van der Waals surface area contributed by atoms with Gasteiger partial charge in [0.1, 0.15) is 18.1 Å². The van der Waals surface area contributed by atoms with Crippen LogP contribution in [0.15, 0.2) is 67.7 Å². The van der Waals surface area contributed by atoms with Crippen LogP contribution < -0.4 is 26.1 Å². The number of anilines is 1. The van der Waals surface area contributed by atoms with E-state index in [0.29, 0.717) is 24.0 Å². The highest BCUT2D eigenvalue weighted by Gasteiger charge is 2.17. The van der Waals surface area contributed by atoms with Gasteiger partial charge in [-0.15, -0.1) is 0 Å². The minimum absolute atomic E-state index is 0.237. The molecule has 2 N–H and O–H groups in total. The number of para-hydroxylation sites is 1. The van der Waals surface area contributed by atoms with Crippen LogP contribution in [-0.2, 0) is 13.6 Å². The highest BCUT2D eigenvalue weighted by atomic mass is 79.9. The SMILES string of the molecule is COc1ccc(Br)cc1/C=N/Nc1nc2c(c(=O)[nH]c(=O)n2C)n1CCOc1ccccc1. The molecule has 4 aromatic rings. The van der Waals surface area contributed by atoms with Gasteiger partial charge in [-0.25, -0.2) is 10.2 Å². The molecule has 0 unspecified atom stereocenters. The predicted octanol–water partition coefficient (Wildman–Crippen LogP) is 2.72. The van der Waals surface area contributed by atoms with E-state index in [1.54, 1.807) is 17.9 Å². The number of nitrogens with zero attached hydrogens (tertiary/aromatic N) is 4. The van der Waals surface area contributed by atoms with Crippen LogP contribution in [0.3, 0.4) is 0 Å². The number of aromatic amines is 1. The Balaban J connectivity index is 1.66. The van der Waals surface area contributed by atoms with E-state index < -0.39 is 11.2 Å². The first-order valence-electron chi connectivity index (χ1n) is 9.98. The number of hydrogen-bond donors (Lipinski definition) is 2. The summed E-state index contributed by atoms with van der Waals surface area (Å²) in [5.41, 5.74) is 3.00. The van der Waals surface area contributed by atoms with Crippen LogP contribution in [0.5, 0.6) is 11.5 Å². The van der Waals surface area contributed by atoms with Crippen LogP contribution in [0, 0.1) is 0 Å². The van der Waals surface area contributed by atoms with E-state index >= 15 is 0 Å². The number of hydrazone groups is 1. The number of aromatic nitrogens is 4. The van der Waals surface area contributed by atoms with Crippen molar-refractivity contribution in [1.29, 1.82) is 0 Å². The second-order valence-electron chi connectivity index (χ2n) is 7.00. The van der Waals surface area contributed by atoms with Crippen molar-refractivity contribution in [3.05, 3.63) is 79.4 Å². The highest BCUT2D eigenvalue weighted by molar-refractivity contribution is 9.10. The van der Waals surface area contributed by atoms with E-state index in [-0.39, 0.29) is 17.8 Å². The number of imidazole rings is 1. The van der Waals surface area contributed by atoms with Gasteiger partial charge in [-0.05, 0) is 30.3 Å². The highest BCUT2D eigenvalue weighted by Crippen LogP contribution is 2.22. The number of fused-ring (bicyclic) bond motifs is 1. The molecule has 0 spiro atoms. The van der Waals surface area contributed by atoms with Gasteiger partial charge in [0, 0.05) is 17.1 Å². The molecule has 0 fully saturated rings. The molecule has 11 heteroatoms. The number of nitrogens with one attached hydrogen (secondary N) is 2. The Kier molecular flexibility index (Phi) is 6.59. The van der Waals surface area contributed by atoms with Crippen molar-refractivity contribution < 1.29 is 9.47 Å². The molecule has 0 aliphatic carbocycles. The normalized spacial score (nSPS) is 11.2. The average molecular weight is 513 g/mol. The van der Waals surface area contributed by atoms with Gasteiger partial charge in [0.25, 0.3) is 5.56 Å². The molecular weight excluding hydrogens is 492 g/mol. The fourth-order valence-corrected chi connectivity index (χ4v) is 3.65. The summed E-state index contributed by atoms with van der Waals surface area (Å²) in [6.45, 7) is 0.570. The molecule has 0 amide bonds. The predicted molar refractivity (Wildman–Crippen MR) is 129 cm³/mol. The molecule has 0 aliphatic rings. The van der Waals surface area contributed by atoms with Gasteiger partial charge in [-0.3, -0.25) is 18.9 Å². The number of benzene rings is 2. The summed E-state index contributed by atoms with van der Waals surface area (Å²) in [6.07, 6.45) is 1.58. The third-order valence-electron chi connectivity index (χ3n) is 4.89. The van der Waals surface area contributed by atoms with E-state index in [9.17, 15) is 9.59 Å². The van der Waals surface area contributed by atoms with Crippen LogP contribution in [0.25, 0.3) is 11.2 Å². The van der Waals surface area contributed by atoms with Crippen molar-refractivity contribution in [2.45, 2.75) is 6.54 Å². The Hall–Kier alpha value is -3.86. The third-order valence-corrected chi connectivity index (χ3v) is 5.39. The summed E-state index contributed by atoms with van der Waals surface area (Å²) in [7, 11) is 3.12. The molecule has 170 valence electrons. The Bertz CT molecular complexity index is 1420. The van der Waals surface area contributed by atoms with Gasteiger partial charge >= 0.3 is 5.69 Å². The molecule has 0 saturated heterocycles. The molecule has 4 rings (SSSR count). The van der Waals surface area contributed by atoms with E-state index in [4.69, 9.17) is 9.47 Å². The Morgan fingerprint density at radius 1 is 1.21 bits per heavy atom. The lowest BCUT2D eigenvalue weighted by Gasteiger charge is -2.10. The Labute approximate surface area is 196 Å². The Morgan fingerprint density at radius 3 is 2.76 bits per heavy atom. The molecule has 10 nitrogen and oxygen atoms in total. The van der Waals surface area contributed by atoms with Gasteiger partial charge in [-0.1, -0.05) is 34.1 Å². The standard InChI is InChI=1S/C22H21BrN6O4/c1-28-19-18(20(30)26-22(28)31)29(10-11-33-16-6-4-3-5-7-16)21(25-19)27-24-13-14-12-15(23)8-9-17(14)32-2/h3-9,12-13H,10-11H2,1-2H3,(H,25,27)(H,26,30,31)/b24-13+. The average Bonchev–Trinajstić information content (AvgIpc) is 3.17. The summed E-state index contributed by atoms with van der Waals surface area (Å²) in [6, 6.07) is 14.9. The number of rotatable bonds is 8. The van der Waals surface area contributed by atoms with Gasteiger partial charge in [-0.2, -0.15) is 10.1 Å². The van der Waals surface area contributed by atoms with Crippen LogP contribution in [0.4, 0.5) is 5.95 Å². The fourth-order valence-electron chi connectivity index (χ4n) is 3.27. The van der Waals surface area contributed by atoms with Gasteiger partial charge in [0.05, 0.1) is 19.9 Å². The van der Waals surface area contributed by atoms with Crippen LogP contribution in [0.1, 0.15) is 5.56 Å². The number of H-pyrrole nitrogens is 1. The zero-order chi connectivity index (χ0) is 23.4. The maximum Gasteiger partial charge on any atom is 0.329 e. The first kappa shape index (κ1) is 22.3. The summed E-state index contributed by atoms with van der Waals surface area (Å²) in [5.74, 6) is 1.64. The molecule has 0 saturated carbocycles. The number of hydrogen-bond acceptors (Lipinski definition) is 7. The van der Waals surface area contributed by atoms with Crippen molar-refractivity contribution >= 4 is 39.3 Å². The van der Waals surface area contributed by atoms with Crippen LogP contribution in [-0.4, -0.2) is 39.0 Å². The van der Waals surface area contributed by atoms with Crippen LogP contribution >= 0.6 is 15.9 Å². The van der Waals surface area contributed by atoms with Gasteiger partial charge < -0.3 is 9.47 Å². The van der Waals surface area contributed by atoms with E-state index in [0.717, 1.165) is 10.0 Å². The molecule has 2 heterocycles. The molecular formula is C22H21BrN6O4.